The summed E-state index contributed by atoms with van der Waals surface area (Å²) in [4.78, 5) is 25.2. The molecule has 37 heavy (non-hydrogen) atoms. The average molecular weight is 513 g/mol. The van der Waals surface area contributed by atoms with Crippen LogP contribution in [0.5, 0.6) is 11.5 Å². The van der Waals surface area contributed by atoms with Crippen molar-refractivity contribution in [1.82, 2.24) is 15.1 Å². The molecular formula is C29H44N4O4. The van der Waals surface area contributed by atoms with Crippen LogP contribution in [0.4, 0.5) is 0 Å². The van der Waals surface area contributed by atoms with Crippen LogP contribution in [0.25, 0.3) is 11.3 Å². The van der Waals surface area contributed by atoms with Crippen LogP contribution in [0.3, 0.4) is 0 Å². The monoisotopic (exact) mass is 512 g/mol. The summed E-state index contributed by atoms with van der Waals surface area (Å²) in [6.07, 6.45) is 10.1. The van der Waals surface area contributed by atoms with Crippen molar-refractivity contribution >= 4 is 11.8 Å². The number of nitrogens with two attached hydrogens (primary N) is 1. The highest BCUT2D eigenvalue weighted by atomic mass is 16.5. The number of hydrogen-bond acceptors (Lipinski definition) is 5. The SMILES string of the molecule is CCC(CC)Cn1nc(C(=O)N[C@@H](CCC2CCCCC2)CC(N)=O)cc1-c1c(OC)cccc1OC. The van der Waals surface area contributed by atoms with E-state index in [4.69, 9.17) is 20.3 Å². The van der Waals surface area contributed by atoms with E-state index in [2.05, 4.69) is 19.2 Å². The van der Waals surface area contributed by atoms with Gasteiger partial charge in [0.05, 0.1) is 25.5 Å². The third-order valence-corrected chi connectivity index (χ3v) is 7.71. The van der Waals surface area contributed by atoms with Gasteiger partial charge in [0.15, 0.2) is 5.69 Å². The number of carbonyl (C=O) groups is 2. The van der Waals surface area contributed by atoms with Gasteiger partial charge in [0.25, 0.3) is 5.91 Å². The molecule has 1 aliphatic carbocycles. The van der Waals surface area contributed by atoms with Crippen molar-refractivity contribution in [1.29, 1.82) is 0 Å². The molecule has 1 heterocycles. The third kappa shape index (κ3) is 7.73. The molecule has 3 rings (SSSR count). The number of aromatic nitrogens is 2. The first kappa shape index (κ1) is 28.5. The molecule has 3 N–H and O–H groups in total. The standard InChI is InChI=1S/C29H44N4O4/c1-5-20(6-2)19-33-24(28-25(36-3)13-10-14-26(28)37-4)18-23(32-33)29(35)31-22(17-27(30)34)16-15-21-11-8-7-9-12-21/h10,13-14,18,20-22H,5-9,11-12,15-17,19H2,1-4H3,(H2,30,34)(H,31,35)/t22-/m0/s1. The van der Waals surface area contributed by atoms with Crippen LogP contribution in [0.2, 0.25) is 0 Å². The lowest BCUT2D eigenvalue weighted by Gasteiger charge is -2.24. The molecule has 1 fully saturated rings. The van der Waals surface area contributed by atoms with Gasteiger partial charge in [-0.25, -0.2) is 0 Å². The van der Waals surface area contributed by atoms with Gasteiger partial charge in [-0.1, -0.05) is 64.9 Å². The fourth-order valence-electron chi connectivity index (χ4n) is 5.40. The fraction of sp³-hybridized carbons (Fsp3) is 0.621. The minimum absolute atomic E-state index is 0.125. The normalized spacial score (nSPS) is 14.9. The van der Waals surface area contributed by atoms with Gasteiger partial charge in [0.1, 0.15) is 11.5 Å². The highest BCUT2D eigenvalue weighted by Crippen LogP contribution is 2.39. The molecule has 0 radical (unpaired) electrons. The Morgan fingerprint density at radius 1 is 1.11 bits per heavy atom. The van der Waals surface area contributed by atoms with Gasteiger partial charge in [0, 0.05) is 19.0 Å². The Morgan fingerprint density at radius 2 is 1.76 bits per heavy atom. The summed E-state index contributed by atoms with van der Waals surface area (Å²) in [5.74, 6) is 1.66. The molecule has 1 aromatic carbocycles. The maximum atomic E-state index is 13.4. The number of rotatable bonds is 14. The first-order valence-corrected chi connectivity index (χ1v) is 13.8. The Bertz CT molecular complexity index is 1000. The van der Waals surface area contributed by atoms with E-state index in [1.165, 1.54) is 32.1 Å². The third-order valence-electron chi connectivity index (χ3n) is 7.71. The van der Waals surface area contributed by atoms with E-state index in [-0.39, 0.29) is 18.4 Å². The van der Waals surface area contributed by atoms with Crippen LogP contribution >= 0.6 is 0 Å². The predicted molar refractivity (Wildman–Crippen MR) is 146 cm³/mol. The number of primary amides is 1. The zero-order valence-corrected chi connectivity index (χ0v) is 22.9. The van der Waals surface area contributed by atoms with Gasteiger partial charge < -0.3 is 20.5 Å². The molecule has 0 spiro atoms. The molecule has 0 aliphatic heterocycles. The molecule has 8 heteroatoms. The fourth-order valence-corrected chi connectivity index (χ4v) is 5.40. The van der Waals surface area contributed by atoms with Crippen LogP contribution in [-0.4, -0.2) is 41.9 Å². The van der Waals surface area contributed by atoms with Crippen LogP contribution in [0.1, 0.15) is 88.5 Å². The van der Waals surface area contributed by atoms with Crippen molar-refractivity contribution in [2.45, 2.75) is 90.6 Å². The second-order valence-corrected chi connectivity index (χ2v) is 10.2. The molecule has 0 saturated heterocycles. The van der Waals surface area contributed by atoms with Crippen molar-refractivity contribution in [3.05, 3.63) is 30.0 Å². The molecule has 8 nitrogen and oxygen atoms in total. The number of ether oxygens (including phenoxy) is 2. The Balaban J connectivity index is 1.89. The van der Waals surface area contributed by atoms with Crippen LogP contribution in [0, 0.1) is 11.8 Å². The summed E-state index contributed by atoms with van der Waals surface area (Å²) >= 11 is 0. The number of nitrogens with zero attached hydrogens (tertiary/aromatic N) is 2. The summed E-state index contributed by atoms with van der Waals surface area (Å²) < 4.78 is 13.2. The van der Waals surface area contributed by atoms with Gasteiger partial charge in [-0.15, -0.1) is 0 Å². The van der Waals surface area contributed by atoms with E-state index in [9.17, 15) is 9.59 Å². The van der Waals surface area contributed by atoms with Gasteiger partial charge in [0.2, 0.25) is 5.91 Å². The first-order chi connectivity index (χ1) is 17.9. The molecule has 0 unspecified atom stereocenters. The van der Waals surface area contributed by atoms with E-state index in [1.807, 2.05) is 22.9 Å². The second-order valence-electron chi connectivity index (χ2n) is 10.2. The summed E-state index contributed by atoms with van der Waals surface area (Å²) in [6, 6.07) is 7.11. The first-order valence-electron chi connectivity index (χ1n) is 13.8. The lowest BCUT2D eigenvalue weighted by Crippen LogP contribution is -2.38. The topological polar surface area (TPSA) is 108 Å². The summed E-state index contributed by atoms with van der Waals surface area (Å²) in [6.45, 7) is 4.99. The zero-order chi connectivity index (χ0) is 26.8. The molecule has 1 aromatic heterocycles. The smallest absolute Gasteiger partial charge is 0.272 e. The van der Waals surface area contributed by atoms with E-state index in [0.29, 0.717) is 35.6 Å². The second kappa shape index (κ2) is 14.1. The number of hydrogen-bond donors (Lipinski definition) is 2. The van der Waals surface area contributed by atoms with Gasteiger partial charge in [-0.2, -0.15) is 5.10 Å². The van der Waals surface area contributed by atoms with Crippen molar-refractivity contribution < 1.29 is 19.1 Å². The van der Waals surface area contributed by atoms with Crippen molar-refractivity contribution in [3.8, 4) is 22.8 Å². The lowest BCUT2D eigenvalue weighted by atomic mass is 9.85. The molecular weight excluding hydrogens is 468 g/mol. The Morgan fingerprint density at radius 3 is 2.32 bits per heavy atom. The van der Waals surface area contributed by atoms with Crippen molar-refractivity contribution in [2.24, 2.45) is 17.6 Å². The van der Waals surface area contributed by atoms with E-state index in [0.717, 1.165) is 36.9 Å². The predicted octanol–water partition coefficient (Wildman–Crippen LogP) is 5.34. The summed E-state index contributed by atoms with van der Waals surface area (Å²) in [5.41, 5.74) is 7.36. The van der Waals surface area contributed by atoms with E-state index >= 15 is 0 Å². The average Bonchev–Trinajstić information content (AvgIpc) is 3.33. The van der Waals surface area contributed by atoms with Crippen LogP contribution in [-0.2, 0) is 11.3 Å². The number of carbonyl (C=O) groups excluding carboxylic acids is 2. The molecule has 1 aliphatic rings. The lowest BCUT2D eigenvalue weighted by molar-refractivity contribution is -0.118. The maximum absolute atomic E-state index is 13.4. The Kier molecular flexibility index (Phi) is 10.8. The molecule has 0 bridgehead atoms. The quantitative estimate of drug-likeness (QED) is 0.355. The van der Waals surface area contributed by atoms with Crippen LogP contribution in [0.15, 0.2) is 24.3 Å². The summed E-state index contributed by atoms with van der Waals surface area (Å²) in [7, 11) is 3.24. The Hall–Kier alpha value is -3.03. The van der Waals surface area contributed by atoms with Crippen molar-refractivity contribution in [3.63, 3.8) is 0 Å². The van der Waals surface area contributed by atoms with Gasteiger partial charge in [-0.3, -0.25) is 14.3 Å². The van der Waals surface area contributed by atoms with Gasteiger partial charge >= 0.3 is 0 Å². The Labute approximate surface area is 221 Å². The minimum Gasteiger partial charge on any atom is -0.496 e. The molecule has 204 valence electrons. The van der Waals surface area contributed by atoms with E-state index in [1.54, 1.807) is 20.3 Å². The summed E-state index contributed by atoms with van der Waals surface area (Å²) in [5, 5.41) is 7.79. The van der Waals surface area contributed by atoms with Crippen molar-refractivity contribution in [2.75, 3.05) is 14.2 Å². The van der Waals surface area contributed by atoms with Gasteiger partial charge in [-0.05, 0) is 42.9 Å². The minimum atomic E-state index is -0.410. The largest absolute Gasteiger partial charge is 0.496 e. The maximum Gasteiger partial charge on any atom is 0.272 e. The number of amides is 2. The molecule has 1 atom stereocenters. The number of benzene rings is 1. The van der Waals surface area contributed by atoms with Crippen LogP contribution < -0.4 is 20.5 Å². The molecule has 1 saturated carbocycles. The zero-order valence-electron chi connectivity index (χ0n) is 22.9. The molecule has 2 aromatic rings. The molecule has 2 amide bonds. The highest BCUT2D eigenvalue weighted by molar-refractivity contribution is 5.94. The highest BCUT2D eigenvalue weighted by Gasteiger charge is 2.25. The van der Waals surface area contributed by atoms with E-state index < -0.39 is 5.91 Å². The number of methoxy groups -OCH3 is 2. The number of nitrogens with one attached hydrogen (secondary N) is 1.